The lowest BCUT2D eigenvalue weighted by Crippen LogP contribution is -2.32. The van der Waals surface area contributed by atoms with Crippen LogP contribution in [0, 0.1) is 27.7 Å². The number of furan rings is 1. The van der Waals surface area contributed by atoms with Crippen molar-refractivity contribution in [2.75, 3.05) is 11.9 Å². The molecule has 0 unspecified atom stereocenters. The predicted octanol–water partition coefficient (Wildman–Crippen LogP) is 3.28. The van der Waals surface area contributed by atoms with Crippen LogP contribution in [-0.4, -0.2) is 18.4 Å². The zero-order chi connectivity index (χ0) is 17.7. The number of carbonyl (C=O) groups excluding carboxylic acids is 2. The highest BCUT2D eigenvalue weighted by molar-refractivity contribution is 5.98. The van der Waals surface area contributed by atoms with Crippen LogP contribution >= 0.6 is 0 Å². The standard InChI is InChI=1S/C19H22N2O3/c1-12-9-13(2)19(14(3)10-12)21-18(23)11-20-17(22)8-7-16-6-5-15(4)24-16/h5-10H,11H2,1-4H3,(H,20,22)(H,21,23)/b8-7+. The third-order valence-electron chi connectivity index (χ3n) is 3.52. The Labute approximate surface area is 141 Å². The number of aryl methyl sites for hydroxylation is 4. The van der Waals surface area contributed by atoms with E-state index in [1.807, 2.05) is 45.9 Å². The molecule has 2 N–H and O–H groups in total. The Bertz CT molecular complexity index is 765. The van der Waals surface area contributed by atoms with Crippen LogP contribution in [0.5, 0.6) is 0 Å². The van der Waals surface area contributed by atoms with Gasteiger partial charge in [-0.05, 0) is 57.0 Å². The summed E-state index contributed by atoms with van der Waals surface area (Å²) >= 11 is 0. The molecule has 1 heterocycles. The Balaban J connectivity index is 1.87. The summed E-state index contributed by atoms with van der Waals surface area (Å²) in [6, 6.07) is 7.61. The smallest absolute Gasteiger partial charge is 0.244 e. The highest BCUT2D eigenvalue weighted by Gasteiger charge is 2.09. The van der Waals surface area contributed by atoms with Crippen molar-refractivity contribution in [1.82, 2.24) is 5.32 Å². The Morgan fingerprint density at radius 1 is 1.08 bits per heavy atom. The van der Waals surface area contributed by atoms with Crippen LogP contribution in [0.15, 0.2) is 34.8 Å². The van der Waals surface area contributed by atoms with Gasteiger partial charge in [-0.2, -0.15) is 0 Å². The topological polar surface area (TPSA) is 71.3 Å². The molecule has 5 nitrogen and oxygen atoms in total. The molecule has 0 aliphatic rings. The van der Waals surface area contributed by atoms with Crippen molar-refractivity contribution in [3.63, 3.8) is 0 Å². The van der Waals surface area contributed by atoms with Crippen LogP contribution in [0.25, 0.3) is 6.08 Å². The molecular formula is C19H22N2O3. The van der Waals surface area contributed by atoms with Gasteiger partial charge in [0.15, 0.2) is 0 Å². The van der Waals surface area contributed by atoms with Crippen molar-refractivity contribution in [1.29, 1.82) is 0 Å². The molecule has 0 radical (unpaired) electrons. The first-order chi connectivity index (χ1) is 11.3. The van der Waals surface area contributed by atoms with Gasteiger partial charge in [0.25, 0.3) is 0 Å². The summed E-state index contributed by atoms with van der Waals surface area (Å²) in [7, 11) is 0. The quantitative estimate of drug-likeness (QED) is 0.828. The lowest BCUT2D eigenvalue weighted by Gasteiger charge is -2.12. The van der Waals surface area contributed by atoms with Crippen molar-refractivity contribution < 1.29 is 14.0 Å². The Kier molecular flexibility index (Phi) is 5.58. The van der Waals surface area contributed by atoms with Crippen LogP contribution in [0.1, 0.15) is 28.2 Å². The summed E-state index contributed by atoms with van der Waals surface area (Å²) in [5.74, 6) is 0.758. The molecule has 0 saturated carbocycles. The Morgan fingerprint density at radius 2 is 1.75 bits per heavy atom. The SMILES string of the molecule is Cc1cc(C)c(NC(=O)CNC(=O)/C=C/c2ccc(C)o2)c(C)c1. The van der Waals surface area contributed by atoms with Crippen LogP contribution in [-0.2, 0) is 9.59 Å². The third kappa shape index (κ3) is 4.84. The van der Waals surface area contributed by atoms with E-state index in [0.29, 0.717) is 5.76 Å². The zero-order valence-corrected chi connectivity index (χ0v) is 14.4. The minimum Gasteiger partial charge on any atom is -0.462 e. The van der Waals surface area contributed by atoms with Gasteiger partial charge in [-0.25, -0.2) is 0 Å². The second-order valence-corrected chi connectivity index (χ2v) is 5.82. The van der Waals surface area contributed by atoms with E-state index in [1.165, 1.54) is 6.08 Å². The van der Waals surface area contributed by atoms with Crippen molar-refractivity contribution in [2.45, 2.75) is 27.7 Å². The van der Waals surface area contributed by atoms with Crippen LogP contribution in [0.2, 0.25) is 0 Å². The summed E-state index contributed by atoms with van der Waals surface area (Å²) in [5.41, 5.74) is 3.94. The van der Waals surface area contributed by atoms with E-state index in [9.17, 15) is 9.59 Å². The number of anilines is 1. The maximum atomic E-state index is 12.0. The molecule has 0 fully saturated rings. The molecule has 0 bridgehead atoms. The van der Waals surface area contributed by atoms with Crippen molar-refractivity contribution in [3.05, 3.63) is 58.6 Å². The minimum absolute atomic E-state index is 0.0902. The highest BCUT2D eigenvalue weighted by atomic mass is 16.3. The average molecular weight is 326 g/mol. The summed E-state index contributed by atoms with van der Waals surface area (Å²) in [5, 5.41) is 5.39. The molecule has 2 rings (SSSR count). The van der Waals surface area contributed by atoms with Gasteiger partial charge in [0.1, 0.15) is 11.5 Å². The first-order valence-corrected chi connectivity index (χ1v) is 7.75. The van der Waals surface area contributed by atoms with Crippen LogP contribution < -0.4 is 10.6 Å². The largest absolute Gasteiger partial charge is 0.462 e. The zero-order valence-electron chi connectivity index (χ0n) is 14.4. The van der Waals surface area contributed by atoms with E-state index in [-0.39, 0.29) is 18.4 Å². The van der Waals surface area contributed by atoms with Gasteiger partial charge in [0.05, 0.1) is 6.54 Å². The molecule has 126 valence electrons. The van der Waals surface area contributed by atoms with Crippen molar-refractivity contribution >= 4 is 23.6 Å². The molecule has 2 aromatic rings. The molecule has 0 atom stereocenters. The van der Waals surface area contributed by atoms with Crippen LogP contribution in [0.4, 0.5) is 5.69 Å². The average Bonchev–Trinajstić information content (AvgIpc) is 2.92. The van der Waals surface area contributed by atoms with E-state index >= 15 is 0 Å². The number of amides is 2. The number of carbonyl (C=O) groups is 2. The van der Waals surface area contributed by atoms with Gasteiger partial charge >= 0.3 is 0 Å². The monoisotopic (exact) mass is 326 g/mol. The van der Waals surface area contributed by atoms with Gasteiger partial charge in [-0.3, -0.25) is 9.59 Å². The molecule has 0 saturated heterocycles. The number of hydrogen-bond acceptors (Lipinski definition) is 3. The molecule has 5 heteroatoms. The fraction of sp³-hybridized carbons (Fsp3) is 0.263. The van der Waals surface area contributed by atoms with Gasteiger partial charge in [0.2, 0.25) is 11.8 Å². The van der Waals surface area contributed by atoms with Gasteiger partial charge in [-0.15, -0.1) is 0 Å². The first-order valence-electron chi connectivity index (χ1n) is 7.75. The molecule has 1 aromatic carbocycles. The van der Waals surface area contributed by atoms with E-state index in [0.717, 1.165) is 28.1 Å². The lowest BCUT2D eigenvalue weighted by molar-refractivity contribution is -0.121. The molecule has 0 aliphatic heterocycles. The summed E-state index contributed by atoms with van der Waals surface area (Å²) in [4.78, 5) is 23.8. The highest BCUT2D eigenvalue weighted by Crippen LogP contribution is 2.21. The van der Waals surface area contributed by atoms with Crippen molar-refractivity contribution in [2.24, 2.45) is 0 Å². The molecule has 2 amide bonds. The van der Waals surface area contributed by atoms with Gasteiger partial charge in [0, 0.05) is 11.8 Å². The normalized spacial score (nSPS) is 10.8. The van der Waals surface area contributed by atoms with Gasteiger partial charge < -0.3 is 15.1 Å². The maximum absolute atomic E-state index is 12.0. The third-order valence-corrected chi connectivity index (χ3v) is 3.52. The van der Waals surface area contributed by atoms with Gasteiger partial charge in [-0.1, -0.05) is 17.7 Å². The molecular weight excluding hydrogens is 304 g/mol. The fourth-order valence-electron chi connectivity index (χ4n) is 2.49. The Morgan fingerprint density at radius 3 is 2.33 bits per heavy atom. The van der Waals surface area contributed by atoms with E-state index in [4.69, 9.17) is 4.42 Å². The molecule has 24 heavy (non-hydrogen) atoms. The fourth-order valence-corrected chi connectivity index (χ4v) is 2.49. The molecule has 0 spiro atoms. The van der Waals surface area contributed by atoms with E-state index < -0.39 is 0 Å². The van der Waals surface area contributed by atoms with E-state index in [1.54, 1.807) is 12.1 Å². The van der Waals surface area contributed by atoms with Crippen LogP contribution in [0.3, 0.4) is 0 Å². The number of rotatable bonds is 5. The number of benzene rings is 1. The second kappa shape index (κ2) is 7.64. The van der Waals surface area contributed by atoms with Crippen molar-refractivity contribution in [3.8, 4) is 0 Å². The molecule has 1 aromatic heterocycles. The molecule has 0 aliphatic carbocycles. The summed E-state index contributed by atoms with van der Waals surface area (Å²) < 4.78 is 5.33. The lowest BCUT2D eigenvalue weighted by atomic mass is 10.1. The first kappa shape index (κ1) is 17.5. The number of nitrogens with one attached hydrogen (secondary N) is 2. The van der Waals surface area contributed by atoms with E-state index in [2.05, 4.69) is 10.6 Å². The summed E-state index contributed by atoms with van der Waals surface area (Å²) in [6.45, 7) is 7.65. The second-order valence-electron chi connectivity index (χ2n) is 5.82. The predicted molar refractivity (Wildman–Crippen MR) is 94.8 cm³/mol. The Hall–Kier alpha value is -2.82. The number of hydrogen-bond donors (Lipinski definition) is 2. The maximum Gasteiger partial charge on any atom is 0.244 e. The summed E-state index contributed by atoms with van der Waals surface area (Å²) in [6.07, 6.45) is 2.91. The minimum atomic E-state index is -0.350.